The van der Waals surface area contributed by atoms with Gasteiger partial charge in [-0.05, 0) is 25.0 Å². The minimum atomic E-state index is -3.79. The number of hydrogen-bond donors (Lipinski definition) is 0. The summed E-state index contributed by atoms with van der Waals surface area (Å²) in [6.07, 6.45) is 0. The summed E-state index contributed by atoms with van der Waals surface area (Å²) in [6, 6.07) is 3.25. The van der Waals surface area contributed by atoms with Gasteiger partial charge in [-0.25, -0.2) is 8.42 Å². The second-order valence-corrected chi connectivity index (χ2v) is 7.28. The Morgan fingerprint density at radius 2 is 1.85 bits per heavy atom. The van der Waals surface area contributed by atoms with Gasteiger partial charge in [0.1, 0.15) is 5.02 Å². The summed E-state index contributed by atoms with van der Waals surface area (Å²) in [7, 11) is -2.33. The lowest BCUT2D eigenvalue weighted by atomic mass is 10.1. The fourth-order valence-electron chi connectivity index (χ4n) is 1.60. The highest BCUT2D eigenvalue weighted by molar-refractivity contribution is 7.89. The van der Waals surface area contributed by atoms with Crippen LogP contribution in [0.4, 0.5) is 5.69 Å². The molecule has 0 spiro atoms. The second-order valence-electron chi connectivity index (χ2n) is 4.88. The molecule has 112 valence electrons. The molecule has 0 radical (unpaired) electrons. The van der Waals surface area contributed by atoms with E-state index in [0.29, 0.717) is 0 Å². The molecule has 1 atom stereocenters. The van der Waals surface area contributed by atoms with E-state index in [1.54, 1.807) is 6.92 Å². The monoisotopic (exact) mass is 320 g/mol. The van der Waals surface area contributed by atoms with E-state index >= 15 is 0 Å². The van der Waals surface area contributed by atoms with Crippen LogP contribution in [0.25, 0.3) is 0 Å². The Morgan fingerprint density at radius 1 is 1.30 bits per heavy atom. The molecule has 6 nitrogen and oxygen atoms in total. The van der Waals surface area contributed by atoms with Gasteiger partial charge in [0.05, 0.1) is 9.82 Å². The van der Waals surface area contributed by atoms with Gasteiger partial charge in [0.15, 0.2) is 0 Å². The Balaban J connectivity index is 3.30. The topological polar surface area (TPSA) is 80.5 Å². The third-order valence-electron chi connectivity index (χ3n) is 3.33. The van der Waals surface area contributed by atoms with Crippen molar-refractivity contribution in [3.63, 3.8) is 0 Å². The molecule has 0 aliphatic heterocycles. The molecule has 0 amide bonds. The van der Waals surface area contributed by atoms with Gasteiger partial charge in [-0.3, -0.25) is 10.1 Å². The first-order chi connectivity index (χ1) is 9.09. The molecule has 0 saturated carbocycles. The highest BCUT2D eigenvalue weighted by Crippen LogP contribution is 2.29. The second kappa shape index (κ2) is 6.07. The van der Waals surface area contributed by atoms with Gasteiger partial charge >= 0.3 is 0 Å². The summed E-state index contributed by atoms with van der Waals surface area (Å²) in [5, 5.41) is 10.7. The molecule has 0 bridgehead atoms. The normalized spacial score (nSPS) is 13.8. The molecule has 0 saturated heterocycles. The van der Waals surface area contributed by atoms with Crippen molar-refractivity contribution in [3.8, 4) is 0 Å². The average molecular weight is 321 g/mol. The molecular weight excluding hydrogens is 304 g/mol. The van der Waals surface area contributed by atoms with Crippen molar-refractivity contribution >= 4 is 27.3 Å². The van der Waals surface area contributed by atoms with E-state index in [0.717, 1.165) is 6.07 Å². The Morgan fingerprint density at radius 3 is 2.30 bits per heavy atom. The van der Waals surface area contributed by atoms with E-state index in [1.165, 1.54) is 23.5 Å². The quantitative estimate of drug-likeness (QED) is 0.617. The molecule has 0 N–H and O–H groups in total. The van der Waals surface area contributed by atoms with Gasteiger partial charge in [0, 0.05) is 19.2 Å². The van der Waals surface area contributed by atoms with Crippen LogP contribution >= 0.6 is 11.6 Å². The van der Waals surface area contributed by atoms with E-state index in [2.05, 4.69) is 0 Å². The molecule has 1 aromatic rings. The van der Waals surface area contributed by atoms with Gasteiger partial charge < -0.3 is 0 Å². The summed E-state index contributed by atoms with van der Waals surface area (Å²) < 4.78 is 26.1. The highest BCUT2D eigenvalue weighted by Gasteiger charge is 2.29. The van der Waals surface area contributed by atoms with Crippen molar-refractivity contribution in [1.82, 2.24) is 4.31 Å². The maximum atomic E-state index is 12.4. The van der Waals surface area contributed by atoms with E-state index in [1.807, 2.05) is 13.8 Å². The predicted octanol–water partition coefficient (Wildman–Crippen LogP) is 2.91. The van der Waals surface area contributed by atoms with Crippen molar-refractivity contribution in [3.05, 3.63) is 33.3 Å². The number of nitro benzene ring substituents is 1. The Bertz CT molecular complexity index is 616. The summed E-state index contributed by atoms with van der Waals surface area (Å²) in [5.74, 6) is 0.122. The van der Waals surface area contributed by atoms with Crippen LogP contribution in [0, 0.1) is 16.0 Å². The molecule has 20 heavy (non-hydrogen) atoms. The Kier molecular flexibility index (Phi) is 5.12. The number of nitrogens with zero attached hydrogens (tertiary/aromatic N) is 2. The molecule has 0 aromatic heterocycles. The van der Waals surface area contributed by atoms with Crippen LogP contribution in [0.15, 0.2) is 23.1 Å². The number of hydrogen-bond acceptors (Lipinski definition) is 4. The minimum Gasteiger partial charge on any atom is -0.258 e. The number of nitro groups is 1. The summed E-state index contributed by atoms with van der Waals surface area (Å²) in [6.45, 7) is 5.59. The molecule has 0 aliphatic carbocycles. The van der Waals surface area contributed by atoms with E-state index < -0.39 is 20.6 Å². The third kappa shape index (κ3) is 3.28. The standard InChI is InChI=1S/C12H17ClN2O4S/c1-8(2)9(3)14(4)20(18,19)10-5-6-11(13)12(7-10)15(16)17/h5-9H,1-4H3. The van der Waals surface area contributed by atoms with Crippen LogP contribution in [0.3, 0.4) is 0 Å². The fraction of sp³-hybridized carbons (Fsp3) is 0.500. The molecular formula is C12H17ClN2O4S. The minimum absolute atomic E-state index is 0.0893. The van der Waals surface area contributed by atoms with Gasteiger partial charge in [-0.15, -0.1) is 0 Å². The summed E-state index contributed by atoms with van der Waals surface area (Å²) in [4.78, 5) is 9.99. The van der Waals surface area contributed by atoms with Crippen molar-refractivity contribution in [2.24, 2.45) is 5.92 Å². The Labute approximate surface area is 123 Å². The van der Waals surface area contributed by atoms with Gasteiger partial charge in [0.25, 0.3) is 5.69 Å². The van der Waals surface area contributed by atoms with Crippen LogP contribution in [-0.4, -0.2) is 30.7 Å². The molecule has 8 heteroatoms. The zero-order chi connectivity index (χ0) is 15.7. The maximum absolute atomic E-state index is 12.4. The largest absolute Gasteiger partial charge is 0.289 e. The van der Waals surface area contributed by atoms with Crippen LogP contribution in [0.1, 0.15) is 20.8 Å². The van der Waals surface area contributed by atoms with Gasteiger partial charge in [-0.2, -0.15) is 4.31 Å². The number of sulfonamides is 1. The SMILES string of the molecule is CC(C)C(C)N(C)S(=O)(=O)c1ccc(Cl)c([N+](=O)[O-])c1. The molecule has 0 heterocycles. The highest BCUT2D eigenvalue weighted by atomic mass is 35.5. The van der Waals surface area contributed by atoms with Crippen molar-refractivity contribution in [2.45, 2.75) is 31.7 Å². The smallest absolute Gasteiger partial charge is 0.258 e. The zero-order valence-corrected chi connectivity index (χ0v) is 13.3. The van der Waals surface area contributed by atoms with Crippen LogP contribution in [0.2, 0.25) is 5.02 Å². The van der Waals surface area contributed by atoms with Crippen LogP contribution < -0.4 is 0 Å². The molecule has 1 unspecified atom stereocenters. The lowest BCUT2D eigenvalue weighted by molar-refractivity contribution is -0.384. The van der Waals surface area contributed by atoms with E-state index in [9.17, 15) is 18.5 Å². The lowest BCUT2D eigenvalue weighted by Gasteiger charge is -2.27. The predicted molar refractivity (Wildman–Crippen MR) is 77.4 cm³/mol. The van der Waals surface area contributed by atoms with Crippen molar-refractivity contribution in [2.75, 3.05) is 7.05 Å². The summed E-state index contributed by atoms with van der Waals surface area (Å²) >= 11 is 5.68. The molecule has 1 aromatic carbocycles. The zero-order valence-electron chi connectivity index (χ0n) is 11.7. The van der Waals surface area contributed by atoms with Crippen LogP contribution in [0.5, 0.6) is 0 Å². The number of rotatable bonds is 5. The maximum Gasteiger partial charge on any atom is 0.289 e. The first-order valence-electron chi connectivity index (χ1n) is 6.01. The number of halogens is 1. The van der Waals surface area contributed by atoms with Crippen LogP contribution in [-0.2, 0) is 10.0 Å². The average Bonchev–Trinajstić information content (AvgIpc) is 2.36. The first kappa shape index (κ1) is 16.9. The fourth-order valence-corrected chi connectivity index (χ4v) is 3.30. The van der Waals surface area contributed by atoms with Crippen molar-refractivity contribution < 1.29 is 13.3 Å². The van der Waals surface area contributed by atoms with E-state index in [4.69, 9.17) is 11.6 Å². The molecule has 0 fully saturated rings. The van der Waals surface area contributed by atoms with Crippen molar-refractivity contribution in [1.29, 1.82) is 0 Å². The summed E-state index contributed by atoms with van der Waals surface area (Å²) in [5.41, 5.74) is -0.418. The molecule has 1 rings (SSSR count). The van der Waals surface area contributed by atoms with E-state index in [-0.39, 0.29) is 21.9 Å². The molecule has 0 aliphatic rings. The lowest BCUT2D eigenvalue weighted by Crippen LogP contribution is -2.38. The third-order valence-corrected chi connectivity index (χ3v) is 5.59. The van der Waals surface area contributed by atoms with Gasteiger partial charge in [-0.1, -0.05) is 25.4 Å². The van der Waals surface area contributed by atoms with Gasteiger partial charge in [0.2, 0.25) is 10.0 Å². The first-order valence-corrected chi connectivity index (χ1v) is 7.82. The number of benzene rings is 1. The Hall–Kier alpha value is -1.18.